The zero-order chi connectivity index (χ0) is 34.0. The molecule has 0 aliphatic carbocycles. The molecule has 238 valence electrons. The summed E-state index contributed by atoms with van der Waals surface area (Å²) in [4.78, 5) is 73.2. The molecule has 1 aromatic heterocycles. The zero-order valence-corrected chi connectivity index (χ0v) is 25.0. The molecule has 1 atom stereocenters. The van der Waals surface area contributed by atoms with Crippen molar-refractivity contribution in [2.45, 2.75) is 12.8 Å². The van der Waals surface area contributed by atoms with Crippen molar-refractivity contribution in [2.75, 3.05) is 11.9 Å². The van der Waals surface area contributed by atoms with Crippen LogP contribution in [0.2, 0.25) is 0 Å². The van der Waals surface area contributed by atoms with Crippen LogP contribution >= 0.6 is 11.3 Å². The number of nitro groups is 3. The Morgan fingerprint density at radius 3 is 1.89 bits per heavy atom. The monoisotopic (exact) mass is 658 g/mol. The number of carbonyl (C=O) groups is 2. The van der Waals surface area contributed by atoms with Crippen molar-refractivity contribution in [3.8, 4) is 0 Å². The van der Waals surface area contributed by atoms with Gasteiger partial charge in [-0.25, -0.2) is 4.79 Å². The Kier molecular flexibility index (Phi) is 8.73. The maximum Gasteiger partial charge on any atom is 0.338 e. The van der Waals surface area contributed by atoms with E-state index in [0.717, 1.165) is 15.9 Å². The number of rotatable bonds is 9. The van der Waals surface area contributed by atoms with Crippen LogP contribution in [-0.4, -0.2) is 37.8 Å². The third-order valence-electron chi connectivity index (χ3n) is 7.06. The molecular formula is C30H22N6O10S. The molecule has 0 fully saturated rings. The Morgan fingerprint density at radius 2 is 1.38 bits per heavy atom. The number of anilines is 1. The van der Waals surface area contributed by atoms with Gasteiger partial charge in [-0.2, -0.15) is 0 Å². The standard InChI is InChI=1S/C30H22N6O10S/c1-2-46-30(39)24-23(17-5-11-20(12-6-17)35(42)43)25(27(37)32-18-7-13-21(14-8-18)36(44)45)29-33(26(24)31)28(38)22(47-29)15-16-3-9-19(10-4-16)34(40)41/h3-15,23H,2,31H2,1H3,(H,32,37)/b22-15-. The van der Waals surface area contributed by atoms with E-state index < -0.39 is 38.1 Å². The van der Waals surface area contributed by atoms with E-state index >= 15 is 0 Å². The SMILES string of the molecule is CCOC(=O)C1=C(N)n2c(s/c(=C\c3ccc([N+](=O)[O-])cc3)c2=O)=C(C(=O)Nc2ccc([N+](=O)[O-])cc2)C1c1ccc([N+](=O)[O-])cc1. The topological polar surface area (TPSA) is 233 Å². The number of hydrogen-bond donors (Lipinski definition) is 2. The molecule has 1 unspecified atom stereocenters. The number of ether oxygens (including phenoxy) is 1. The lowest BCUT2D eigenvalue weighted by Crippen LogP contribution is -2.42. The summed E-state index contributed by atoms with van der Waals surface area (Å²) in [5.74, 6) is -3.37. The van der Waals surface area contributed by atoms with Gasteiger partial charge in [0.15, 0.2) is 0 Å². The number of nitrogens with one attached hydrogen (secondary N) is 1. The summed E-state index contributed by atoms with van der Waals surface area (Å²) in [5.41, 5.74) is 5.53. The summed E-state index contributed by atoms with van der Waals surface area (Å²) in [6, 6.07) is 15.4. The molecular weight excluding hydrogens is 636 g/mol. The molecule has 2 heterocycles. The predicted octanol–water partition coefficient (Wildman–Crippen LogP) is 2.74. The largest absolute Gasteiger partial charge is 0.463 e. The van der Waals surface area contributed by atoms with Crippen LogP contribution in [0, 0.1) is 30.3 Å². The van der Waals surface area contributed by atoms with Crippen molar-refractivity contribution in [1.82, 2.24) is 4.57 Å². The maximum absolute atomic E-state index is 14.1. The predicted molar refractivity (Wildman–Crippen MR) is 170 cm³/mol. The summed E-state index contributed by atoms with van der Waals surface area (Å²) >= 11 is 0.857. The van der Waals surface area contributed by atoms with Gasteiger partial charge in [0.2, 0.25) is 0 Å². The first-order chi connectivity index (χ1) is 22.4. The number of fused-ring (bicyclic) bond motifs is 1. The number of aromatic nitrogens is 1. The molecule has 47 heavy (non-hydrogen) atoms. The molecule has 16 nitrogen and oxygen atoms in total. The molecule has 5 rings (SSSR count). The first kappa shape index (κ1) is 31.9. The van der Waals surface area contributed by atoms with Gasteiger partial charge in [0, 0.05) is 42.1 Å². The van der Waals surface area contributed by atoms with E-state index in [0.29, 0.717) is 5.56 Å². The van der Waals surface area contributed by atoms with Crippen molar-refractivity contribution < 1.29 is 29.1 Å². The van der Waals surface area contributed by atoms with Gasteiger partial charge in [-0.15, -0.1) is 11.3 Å². The smallest absolute Gasteiger partial charge is 0.338 e. The lowest BCUT2D eigenvalue weighted by Gasteiger charge is -2.27. The van der Waals surface area contributed by atoms with Crippen LogP contribution < -0.4 is 25.8 Å². The summed E-state index contributed by atoms with van der Waals surface area (Å²) < 4.78 is 6.34. The van der Waals surface area contributed by atoms with Crippen LogP contribution in [0.5, 0.6) is 0 Å². The normalized spacial score (nSPS) is 14.4. The second kappa shape index (κ2) is 12.9. The number of esters is 1. The number of hydrogen-bond acceptors (Lipinski definition) is 12. The Hall–Kier alpha value is -6.49. The van der Waals surface area contributed by atoms with Crippen molar-refractivity contribution in [2.24, 2.45) is 5.73 Å². The quantitative estimate of drug-likeness (QED) is 0.151. The summed E-state index contributed by atoms with van der Waals surface area (Å²) in [6.07, 6.45) is 1.44. The van der Waals surface area contributed by atoms with Gasteiger partial charge >= 0.3 is 5.97 Å². The molecule has 1 aliphatic rings. The van der Waals surface area contributed by atoms with Crippen LogP contribution in [0.1, 0.15) is 24.0 Å². The minimum Gasteiger partial charge on any atom is -0.463 e. The molecule has 17 heteroatoms. The fourth-order valence-corrected chi connectivity index (χ4v) is 6.08. The van der Waals surface area contributed by atoms with Gasteiger partial charge in [0.1, 0.15) is 10.5 Å². The molecule has 0 saturated heterocycles. The van der Waals surface area contributed by atoms with Gasteiger partial charge < -0.3 is 15.8 Å². The highest BCUT2D eigenvalue weighted by Crippen LogP contribution is 2.38. The van der Waals surface area contributed by atoms with Crippen LogP contribution in [0.3, 0.4) is 0 Å². The van der Waals surface area contributed by atoms with Gasteiger partial charge in [0.05, 0.1) is 43.0 Å². The van der Waals surface area contributed by atoms with E-state index in [9.17, 15) is 44.7 Å². The van der Waals surface area contributed by atoms with Gasteiger partial charge in [-0.3, -0.25) is 44.5 Å². The van der Waals surface area contributed by atoms with Crippen molar-refractivity contribution in [1.29, 1.82) is 0 Å². The number of non-ortho nitro benzene ring substituents is 3. The lowest BCUT2D eigenvalue weighted by atomic mass is 9.82. The molecule has 4 aromatic rings. The number of nitrogens with two attached hydrogens (primary N) is 1. The highest BCUT2D eigenvalue weighted by Gasteiger charge is 2.39. The van der Waals surface area contributed by atoms with E-state index in [4.69, 9.17) is 10.5 Å². The molecule has 3 N–H and O–H groups in total. The fourth-order valence-electron chi connectivity index (χ4n) is 4.91. The van der Waals surface area contributed by atoms with Crippen molar-refractivity contribution in [3.05, 3.63) is 139 Å². The first-order valence-corrected chi connectivity index (χ1v) is 14.4. The van der Waals surface area contributed by atoms with E-state index in [-0.39, 0.29) is 61.1 Å². The highest BCUT2D eigenvalue weighted by atomic mass is 32.1. The average Bonchev–Trinajstić information content (AvgIpc) is 3.36. The van der Waals surface area contributed by atoms with Gasteiger partial charge in [-0.1, -0.05) is 12.1 Å². The summed E-state index contributed by atoms with van der Waals surface area (Å²) in [7, 11) is 0. The molecule has 1 aliphatic heterocycles. The van der Waals surface area contributed by atoms with Crippen molar-refractivity contribution >= 4 is 63.4 Å². The van der Waals surface area contributed by atoms with E-state index in [1.165, 1.54) is 78.9 Å². The highest BCUT2D eigenvalue weighted by molar-refractivity contribution is 7.07. The maximum atomic E-state index is 14.1. The second-order valence-electron chi connectivity index (χ2n) is 9.88. The Labute approximate surface area is 266 Å². The van der Waals surface area contributed by atoms with Gasteiger partial charge in [-0.05, 0) is 48.4 Å². The van der Waals surface area contributed by atoms with E-state index in [1.54, 1.807) is 6.92 Å². The Balaban J connectivity index is 1.79. The van der Waals surface area contributed by atoms with E-state index in [1.807, 2.05) is 0 Å². The third-order valence-corrected chi connectivity index (χ3v) is 8.17. The number of nitro benzene ring substituents is 3. The zero-order valence-electron chi connectivity index (χ0n) is 24.1. The van der Waals surface area contributed by atoms with Crippen molar-refractivity contribution in [3.63, 3.8) is 0 Å². The van der Waals surface area contributed by atoms with Gasteiger partial charge in [0.25, 0.3) is 28.5 Å². The number of carbonyl (C=O) groups excluding carboxylic acids is 2. The van der Waals surface area contributed by atoms with Crippen LogP contribution in [0.4, 0.5) is 22.7 Å². The second-order valence-corrected chi connectivity index (χ2v) is 10.9. The number of thiazole rings is 1. The molecule has 0 radical (unpaired) electrons. The lowest BCUT2D eigenvalue weighted by molar-refractivity contribution is -0.385. The minimum absolute atomic E-state index is 0.0245. The summed E-state index contributed by atoms with van der Waals surface area (Å²) in [5, 5.41) is 36.2. The molecule has 0 saturated carbocycles. The number of amides is 1. The Bertz CT molecular complexity index is 2170. The van der Waals surface area contributed by atoms with Crippen LogP contribution in [-0.2, 0) is 14.3 Å². The number of nitrogens with zero attached hydrogens (tertiary/aromatic N) is 4. The average molecular weight is 659 g/mol. The van der Waals surface area contributed by atoms with E-state index in [2.05, 4.69) is 5.32 Å². The number of benzene rings is 3. The first-order valence-electron chi connectivity index (χ1n) is 13.6. The summed E-state index contributed by atoms with van der Waals surface area (Å²) in [6.45, 7) is 1.46. The van der Waals surface area contributed by atoms with Crippen LogP contribution in [0.25, 0.3) is 17.5 Å². The third kappa shape index (κ3) is 6.22. The Morgan fingerprint density at radius 1 is 0.872 bits per heavy atom. The fraction of sp³-hybridized carbons (Fsp3) is 0.100. The molecule has 0 spiro atoms. The molecule has 0 bridgehead atoms. The minimum atomic E-state index is -1.28. The molecule has 1 amide bonds. The molecule has 3 aromatic carbocycles. The van der Waals surface area contributed by atoms with Crippen LogP contribution in [0.15, 0.2) is 83.2 Å².